The van der Waals surface area contributed by atoms with Crippen molar-refractivity contribution >= 4 is 11.3 Å². The van der Waals surface area contributed by atoms with E-state index in [0.717, 1.165) is 22.7 Å². The molecule has 0 amide bonds. The number of methoxy groups -OCH3 is 3. The molecular formula is C14H18N2O3S. The summed E-state index contributed by atoms with van der Waals surface area (Å²) in [6, 6.07) is 3.76. The Hall–Kier alpha value is -1.79. The molecule has 2 rings (SSSR count). The van der Waals surface area contributed by atoms with Crippen molar-refractivity contribution in [1.82, 2.24) is 4.98 Å². The van der Waals surface area contributed by atoms with Crippen LogP contribution in [0.2, 0.25) is 0 Å². The first-order valence-corrected chi connectivity index (χ1v) is 7.06. The third kappa shape index (κ3) is 2.71. The Balaban J connectivity index is 2.49. The van der Waals surface area contributed by atoms with Crippen molar-refractivity contribution in [2.75, 3.05) is 27.9 Å². The molecule has 1 heterocycles. The van der Waals surface area contributed by atoms with Crippen LogP contribution in [0.15, 0.2) is 17.5 Å². The number of hydrogen-bond donors (Lipinski definition) is 1. The monoisotopic (exact) mass is 294 g/mol. The van der Waals surface area contributed by atoms with Crippen LogP contribution in [-0.4, -0.2) is 32.9 Å². The maximum absolute atomic E-state index is 5.55. The molecule has 0 saturated carbocycles. The summed E-state index contributed by atoms with van der Waals surface area (Å²) in [6.45, 7) is 0.593. The number of ether oxygens (including phenoxy) is 3. The third-order valence-electron chi connectivity index (χ3n) is 2.89. The van der Waals surface area contributed by atoms with Gasteiger partial charge in [-0.15, -0.1) is 11.3 Å². The van der Waals surface area contributed by atoms with E-state index in [1.165, 1.54) is 0 Å². The van der Waals surface area contributed by atoms with Crippen LogP contribution in [0.4, 0.5) is 0 Å². The van der Waals surface area contributed by atoms with Gasteiger partial charge in [-0.25, -0.2) is 4.98 Å². The lowest BCUT2D eigenvalue weighted by Gasteiger charge is -2.14. The number of thiazole rings is 1. The second kappa shape index (κ2) is 6.58. The van der Waals surface area contributed by atoms with Crippen molar-refractivity contribution in [3.05, 3.63) is 22.5 Å². The van der Waals surface area contributed by atoms with Gasteiger partial charge in [-0.1, -0.05) is 0 Å². The van der Waals surface area contributed by atoms with E-state index >= 15 is 0 Å². The number of aromatic nitrogens is 1. The zero-order chi connectivity index (χ0) is 14.5. The van der Waals surface area contributed by atoms with Gasteiger partial charge in [0, 0.05) is 17.4 Å². The van der Waals surface area contributed by atoms with E-state index in [2.05, 4.69) is 4.98 Å². The molecule has 0 aliphatic rings. The average molecular weight is 294 g/mol. The van der Waals surface area contributed by atoms with E-state index in [9.17, 15) is 0 Å². The largest absolute Gasteiger partial charge is 0.493 e. The van der Waals surface area contributed by atoms with Gasteiger partial charge in [0.2, 0.25) is 5.75 Å². The normalized spacial score (nSPS) is 10.4. The van der Waals surface area contributed by atoms with Crippen molar-refractivity contribution in [3.8, 4) is 28.5 Å². The van der Waals surface area contributed by atoms with Crippen molar-refractivity contribution < 1.29 is 14.2 Å². The first-order valence-electron chi connectivity index (χ1n) is 6.19. The number of rotatable bonds is 6. The van der Waals surface area contributed by atoms with Crippen molar-refractivity contribution in [3.63, 3.8) is 0 Å². The van der Waals surface area contributed by atoms with E-state index < -0.39 is 0 Å². The molecule has 0 fully saturated rings. The smallest absolute Gasteiger partial charge is 0.203 e. The van der Waals surface area contributed by atoms with Crippen LogP contribution in [0.25, 0.3) is 11.3 Å². The summed E-state index contributed by atoms with van der Waals surface area (Å²) in [7, 11) is 4.79. The molecule has 5 nitrogen and oxygen atoms in total. The van der Waals surface area contributed by atoms with Crippen LogP contribution >= 0.6 is 11.3 Å². The highest BCUT2D eigenvalue weighted by molar-refractivity contribution is 7.09. The third-order valence-corrected chi connectivity index (χ3v) is 3.80. The fourth-order valence-corrected chi connectivity index (χ4v) is 2.79. The SMILES string of the molecule is COc1ccc(-c2csc(CCN)n2)c(OC)c1OC. The lowest BCUT2D eigenvalue weighted by molar-refractivity contribution is 0.325. The summed E-state index contributed by atoms with van der Waals surface area (Å²) in [6.07, 6.45) is 0.778. The summed E-state index contributed by atoms with van der Waals surface area (Å²) < 4.78 is 16.1. The highest BCUT2D eigenvalue weighted by Crippen LogP contribution is 2.44. The van der Waals surface area contributed by atoms with Crippen molar-refractivity contribution in [1.29, 1.82) is 0 Å². The van der Waals surface area contributed by atoms with Gasteiger partial charge >= 0.3 is 0 Å². The Morgan fingerprint density at radius 2 is 1.85 bits per heavy atom. The van der Waals surface area contributed by atoms with Crippen LogP contribution in [0, 0.1) is 0 Å². The van der Waals surface area contributed by atoms with Gasteiger partial charge in [0.25, 0.3) is 0 Å². The fourth-order valence-electron chi connectivity index (χ4n) is 1.98. The molecule has 20 heavy (non-hydrogen) atoms. The maximum Gasteiger partial charge on any atom is 0.203 e. The predicted molar refractivity (Wildman–Crippen MR) is 80.0 cm³/mol. The molecule has 1 aromatic carbocycles. The number of nitrogens with zero attached hydrogens (tertiary/aromatic N) is 1. The summed E-state index contributed by atoms with van der Waals surface area (Å²) in [5.41, 5.74) is 7.29. The molecule has 108 valence electrons. The maximum atomic E-state index is 5.55. The molecule has 0 bridgehead atoms. The molecule has 2 N–H and O–H groups in total. The quantitative estimate of drug-likeness (QED) is 0.885. The Morgan fingerprint density at radius 1 is 1.10 bits per heavy atom. The molecule has 2 aromatic rings. The first kappa shape index (κ1) is 14.6. The Bertz CT molecular complexity index is 584. The van der Waals surface area contributed by atoms with E-state index in [1.807, 2.05) is 17.5 Å². The fraction of sp³-hybridized carbons (Fsp3) is 0.357. The van der Waals surface area contributed by atoms with Crippen LogP contribution in [0.5, 0.6) is 17.2 Å². The second-order valence-corrected chi connectivity index (χ2v) is 4.99. The zero-order valence-corrected chi connectivity index (χ0v) is 12.6. The molecule has 0 aliphatic heterocycles. The number of nitrogens with two attached hydrogens (primary N) is 1. The van der Waals surface area contributed by atoms with E-state index in [0.29, 0.717) is 23.8 Å². The number of hydrogen-bond acceptors (Lipinski definition) is 6. The highest BCUT2D eigenvalue weighted by Gasteiger charge is 2.18. The van der Waals surface area contributed by atoms with E-state index in [4.69, 9.17) is 19.9 Å². The summed E-state index contributed by atoms with van der Waals surface area (Å²) in [5.74, 6) is 1.82. The minimum absolute atomic E-state index is 0.570. The van der Waals surface area contributed by atoms with Gasteiger partial charge in [-0.2, -0.15) is 0 Å². The molecule has 6 heteroatoms. The molecule has 0 spiro atoms. The molecule has 0 atom stereocenters. The van der Waals surface area contributed by atoms with Gasteiger partial charge in [-0.05, 0) is 18.7 Å². The molecule has 0 aliphatic carbocycles. The van der Waals surface area contributed by atoms with Crippen LogP contribution in [0.3, 0.4) is 0 Å². The topological polar surface area (TPSA) is 66.6 Å². The Kier molecular flexibility index (Phi) is 4.81. The van der Waals surface area contributed by atoms with Gasteiger partial charge in [0.1, 0.15) is 0 Å². The minimum atomic E-state index is 0.570. The van der Waals surface area contributed by atoms with Crippen LogP contribution in [-0.2, 0) is 6.42 Å². The summed E-state index contributed by atoms with van der Waals surface area (Å²) >= 11 is 1.59. The van der Waals surface area contributed by atoms with Crippen LogP contribution < -0.4 is 19.9 Å². The lowest BCUT2D eigenvalue weighted by Crippen LogP contribution is -2.02. The van der Waals surface area contributed by atoms with Gasteiger partial charge in [-0.3, -0.25) is 0 Å². The molecule has 0 saturated heterocycles. The Morgan fingerprint density at radius 3 is 2.45 bits per heavy atom. The van der Waals surface area contributed by atoms with E-state index in [1.54, 1.807) is 32.7 Å². The summed E-state index contributed by atoms with van der Waals surface area (Å²) in [5, 5.41) is 3.01. The standard InChI is InChI=1S/C14H18N2O3S/c1-17-11-5-4-9(13(18-2)14(11)19-3)10-8-20-12(16-10)6-7-15/h4-5,8H,6-7,15H2,1-3H3. The highest BCUT2D eigenvalue weighted by atomic mass is 32.1. The van der Waals surface area contributed by atoms with E-state index in [-0.39, 0.29) is 0 Å². The summed E-state index contributed by atoms with van der Waals surface area (Å²) in [4.78, 5) is 4.57. The first-order chi connectivity index (χ1) is 9.74. The molecular weight excluding hydrogens is 276 g/mol. The average Bonchev–Trinajstić information content (AvgIpc) is 2.94. The van der Waals surface area contributed by atoms with Gasteiger partial charge in [0.05, 0.1) is 32.0 Å². The number of benzene rings is 1. The van der Waals surface area contributed by atoms with Gasteiger partial charge < -0.3 is 19.9 Å². The lowest BCUT2D eigenvalue weighted by atomic mass is 10.1. The Labute approximate surface area is 122 Å². The molecule has 0 unspecified atom stereocenters. The minimum Gasteiger partial charge on any atom is -0.493 e. The van der Waals surface area contributed by atoms with Gasteiger partial charge in [0.15, 0.2) is 11.5 Å². The molecule has 1 aromatic heterocycles. The van der Waals surface area contributed by atoms with Crippen molar-refractivity contribution in [2.45, 2.75) is 6.42 Å². The van der Waals surface area contributed by atoms with Crippen molar-refractivity contribution in [2.24, 2.45) is 5.73 Å². The predicted octanol–water partition coefficient (Wildman–Crippen LogP) is 2.34. The second-order valence-electron chi connectivity index (χ2n) is 4.05. The molecule has 0 radical (unpaired) electrons. The zero-order valence-electron chi connectivity index (χ0n) is 11.8. The van der Waals surface area contributed by atoms with Crippen LogP contribution in [0.1, 0.15) is 5.01 Å².